The summed E-state index contributed by atoms with van der Waals surface area (Å²) in [5.41, 5.74) is 0.620. The van der Waals surface area contributed by atoms with E-state index in [0.717, 1.165) is 4.47 Å². The van der Waals surface area contributed by atoms with Gasteiger partial charge < -0.3 is 9.64 Å². The van der Waals surface area contributed by atoms with Gasteiger partial charge in [0, 0.05) is 11.5 Å². The Morgan fingerprint density at radius 2 is 2.21 bits per heavy atom. The summed E-state index contributed by atoms with van der Waals surface area (Å²) in [5, 5.41) is 8.56. The van der Waals surface area contributed by atoms with Crippen LogP contribution in [0.2, 0.25) is 0 Å². The standard InChI is InChI=1S/C13H13BrN2O3/c1-16(11(17)6-7-15)12(13(18)19-2)9-4-3-5-10(14)8-9/h3-5,8,12H,6H2,1-2H3. The molecule has 0 saturated carbocycles. The Hall–Kier alpha value is -1.87. The first-order valence-electron chi connectivity index (χ1n) is 5.47. The minimum atomic E-state index is -0.858. The fourth-order valence-electron chi connectivity index (χ4n) is 1.64. The fourth-order valence-corrected chi connectivity index (χ4v) is 2.06. The summed E-state index contributed by atoms with van der Waals surface area (Å²) in [7, 11) is 2.73. The van der Waals surface area contributed by atoms with Crippen molar-refractivity contribution in [2.24, 2.45) is 0 Å². The lowest BCUT2D eigenvalue weighted by Crippen LogP contribution is -2.36. The minimum Gasteiger partial charge on any atom is -0.467 e. The summed E-state index contributed by atoms with van der Waals surface area (Å²) in [5.74, 6) is -0.982. The van der Waals surface area contributed by atoms with E-state index in [1.165, 1.54) is 19.1 Å². The van der Waals surface area contributed by atoms with Crippen molar-refractivity contribution in [3.05, 3.63) is 34.3 Å². The van der Waals surface area contributed by atoms with Gasteiger partial charge in [-0.1, -0.05) is 28.1 Å². The number of esters is 1. The molecule has 6 heteroatoms. The molecule has 1 aromatic rings. The number of hydrogen-bond acceptors (Lipinski definition) is 4. The molecule has 0 aliphatic carbocycles. The smallest absolute Gasteiger partial charge is 0.333 e. The van der Waals surface area contributed by atoms with Crippen LogP contribution in [0.25, 0.3) is 0 Å². The SMILES string of the molecule is COC(=O)C(c1cccc(Br)c1)N(C)C(=O)CC#N. The van der Waals surface area contributed by atoms with Crippen molar-refractivity contribution >= 4 is 27.8 Å². The summed E-state index contributed by atoms with van der Waals surface area (Å²) < 4.78 is 5.52. The number of hydrogen-bond donors (Lipinski definition) is 0. The first-order valence-corrected chi connectivity index (χ1v) is 6.26. The van der Waals surface area contributed by atoms with Gasteiger partial charge in [0.25, 0.3) is 0 Å². The molecule has 0 bridgehead atoms. The highest BCUT2D eigenvalue weighted by Crippen LogP contribution is 2.24. The Labute approximate surface area is 119 Å². The molecule has 0 aliphatic rings. The number of carbonyl (C=O) groups is 2. The topological polar surface area (TPSA) is 70.4 Å². The van der Waals surface area contributed by atoms with Crippen LogP contribution in [0.4, 0.5) is 0 Å². The van der Waals surface area contributed by atoms with Gasteiger partial charge in [0.1, 0.15) is 6.42 Å². The van der Waals surface area contributed by atoms with Gasteiger partial charge in [0.2, 0.25) is 5.91 Å². The first-order chi connectivity index (χ1) is 9.01. The molecule has 0 saturated heterocycles. The van der Waals surface area contributed by atoms with Crippen LogP contribution in [0.3, 0.4) is 0 Å². The van der Waals surface area contributed by atoms with E-state index >= 15 is 0 Å². The molecular formula is C13H13BrN2O3. The van der Waals surface area contributed by atoms with Gasteiger partial charge in [0.15, 0.2) is 6.04 Å². The molecular weight excluding hydrogens is 312 g/mol. The van der Waals surface area contributed by atoms with Crippen molar-refractivity contribution in [2.45, 2.75) is 12.5 Å². The number of ether oxygens (including phenoxy) is 1. The maximum atomic E-state index is 11.9. The molecule has 1 rings (SSSR count). The summed E-state index contributed by atoms with van der Waals surface area (Å²) in [4.78, 5) is 24.8. The second-order valence-electron chi connectivity index (χ2n) is 3.82. The van der Waals surface area contributed by atoms with Gasteiger partial charge in [-0.05, 0) is 17.7 Å². The Kier molecular flexibility index (Phi) is 5.52. The van der Waals surface area contributed by atoms with E-state index < -0.39 is 17.9 Å². The molecule has 1 unspecified atom stereocenters. The molecule has 0 aromatic heterocycles. The van der Waals surface area contributed by atoms with Crippen molar-refractivity contribution < 1.29 is 14.3 Å². The Morgan fingerprint density at radius 3 is 2.74 bits per heavy atom. The molecule has 5 nitrogen and oxygen atoms in total. The summed E-state index contributed by atoms with van der Waals surface area (Å²) in [6.07, 6.45) is -0.280. The molecule has 1 atom stereocenters. The Morgan fingerprint density at radius 1 is 1.53 bits per heavy atom. The normalized spacial score (nSPS) is 11.3. The molecule has 1 aromatic carbocycles. The quantitative estimate of drug-likeness (QED) is 0.794. The van der Waals surface area contributed by atoms with Crippen LogP contribution in [-0.4, -0.2) is 30.9 Å². The van der Waals surface area contributed by atoms with E-state index in [9.17, 15) is 9.59 Å². The lowest BCUT2D eigenvalue weighted by Gasteiger charge is -2.25. The number of methoxy groups -OCH3 is 1. The highest BCUT2D eigenvalue weighted by Gasteiger charge is 2.29. The number of carbonyl (C=O) groups excluding carboxylic acids is 2. The summed E-state index contributed by atoms with van der Waals surface area (Å²) in [6.45, 7) is 0. The van der Waals surface area contributed by atoms with E-state index in [1.807, 2.05) is 6.07 Å². The first kappa shape index (κ1) is 15.2. The summed E-state index contributed by atoms with van der Waals surface area (Å²) >= 11 is 3.31. The number of nitrogens with zero attached hydrogens (tertiary/aromatic N) is 2. The predicted molar refractivity (Wildman–Crippen MR) is 71.9 cm³/mol. The van der Waals surface area contributed by atoms with Crippen molar-refractivity contribution in [2.75, 3.05) is 14.2 Å². The molecule has 0 spiro atoms. The lowest BCUT2D eigenvalue weighted by atomic mass is 10.1. The minimum absolute atomic E-state index is 0.280. The zero-order chi connectivity index (χ0) is 14.4. The van der Waals surface area contributed by atoms with Crippen LogP contribution in [0.1, 0.15) is 18.0 Å². The molecule has 0 heterocycles. The average molecular weight is 325 g/mol. The molecule has 19 heavy (non-hydrogen) atoms. The van der Waals surface area contributed by atoms with E-state index in [1.54, 1.807) is 24.3 Å². The predicted octanol–water partition coefficient (Wildman–Crippen LogP) is 2.04. The third kappa shape index (κ3) is 3.80. The second-order valence-corrected chi connectivity index (χ2v) is 4.74. The van der Waals surface area contributed by atoms with E-state index in [-0.39, 0.29) is 6.42 Å². The highest BCUT2D eigenvalue weighted by molar-refractivity contribution is 9.10. The number of halogens is 1. The zero-order valence-corrected chi connectivity index (χ0v) is 12.2. The van der Waals surface area contributed by atoms with Crippen molar-refractivity contribution in [3.8, 4) is 6.07 Å². The van der Waals surface area contributed by atoms with E-state index in [0.29, 0.717) is 5.56 Å². The largest absolute Gasteiger partial charge is 0.467 e. The van der Waals surface area contributed by atoms with Gasteiger partial charge in [-0.2, -0.15) is 5.26 Å². The lowest BCUT2D eigenvalue weighted by molar-refractivity contribution is -0.151. The number of likely N-dealkylation sites (N-methyl/N-ethyl adjacent to an activating group) is 1. The van der Waals surface area contributed by atoms with Crippen LogP contribution < -0.4 is 0 Å². The highest BCUT2D eigenvalue weighted by atomic mass is 79.9. The number of rotatable bonds is 4. The van der Waals surface area contributed by atoms with Crippen LogP contribution >= 0.6 is 15.9 Å². The maximum Gasteiger partial charge on any atom is 0.333 e. The molecule has 1 amide bonds. The van der Waals surface area contributed by atoms with Crippen LogP contribution in [0.5, 0.6) is 0 Å². The Balaban J connectivity index is 3.12. The van der Waals surface area contributed by atoms with Gasteiger partial charge in [-0.15, -0.1) is 0 Å². The molecule has 0 aliphatic heterocycles. The van der Waals surface area contributed by atoms with E-state index in [4.69, 9.17) is 10.00 Å². The fraction of sp³-hybridized carbons (Fsp3) is 0.308. The number of nitriles is 1. The van der Waals surface area contributed by atoms with Crippen molar-refractivity contribution in [1.82, 2.24) is 4.90 Å². The Bertz CT molecular complexity index is 525. The van der Waals surface area contributed by atoms with Gasteiger partial charge in [0.05, 0.1) is 13.2 Å². The zero-order valence-electron chi connectivity index (χ0n) is 10.6. The number of amides is 1. The van der Waals surface area contributed by atoms with Crippen LogP contribution in [0, 0.1) is 11.3 Å². The monoisotopic (exact) mass is 324 g/mol. The third-order valence-corrected chi connectivity index (χ3v) is 3.09. The van der Waals surface area contributed by atoms with Gasteiger partial charge in [-0.25, -0.2) is 4.79 Å². The van der Waals surface area contributed by atoms with E-state index in [2.05, 4.69) is 15.9 Å². The van der Waals surface area contributed by atoms with Gasteiger partial charge >= 0.3 is 5.97 Å². The second kappa shape index (κ2) is 6.90. The average Bonchev–Trinajstić information content (AvgIpc) is 2.39. The number of benzene rings is 1. The molecule has 0 radical (unpaired) electrons. The van der Waals surface area contributed by atoms with Crippen molar-refractivity contribution in [1.29, 1.82) is 5.26 Å². The molecule has 0 fully saturated rings. The summed E-state index contributed by atoms with van der Waals surface area (Å²) in [6, 6.07) is 7.95. The maximum absolute atomic E-state index is 11.9. The van der Waals surface area contributed by atoms with Crippen LogP contribution in [0.15, 0.2) is 28.7 Å². The molecule has 100 valence electrons. The van der Waals surface area contributed by atoms with Crippen LogP contribution in [-0.2, 0) is 14.3 Å². The molecule has 0 N–H and O–H groups in total. The third-order valence-electron chi connectivity index (χ3n) is 2.60. The van der Waals surface area contributed by atoms with Gasteiger partial charge in [-0.3, -0.25) is 4.79 Å². The van der Waals surface area contributed by atoms with Crippen molar-refractivity contribution in [3.63, 3.8) is 0 Å².